The number of hydrogen-bond acceptors (Lipinski definition) is 3. The molecule has 19 heavy (non-hydrogen) atoms. The lowest BCUT2D eigenvalue weighted by Gasteiger charge is -2.43. The van der Waals surface area contributed by atoms with Gasteiger partial charge in [-0.15, -0.1) is 0 Å². The summed E-state index contributed by atoms with van der Waals surface area (Å²) in [5, 5.41) is 8.92. The van der Waals surface area contributed by atoms with Gasteiger partial charge < -0.3 is 0 Å². The minimum Gasteiger partial charge on any atom is -0.300 e. The van der Waals surface area contributed by atoms with E-state index in [-0.39, 0.29) is 0 Å². The lowest BCUT2D eigenvalue weighted by atomic mass is 10.0. The monoisotopic (exact) mass is 257 g/mol. The van der Waals surface area contributed by atoms with Crippen LogP contribution in [0.5, 0.6) is 0 Å². The molecule has 1 saturated heterocycles. The predicted octanol–water partition coefficient (Wildman–Crippen LogP) is 2.15. The van der Waals surface area contributed by atoms with Crippen molar-refractivity contribution < 1.29 is 0 Å². The van der Waals surface area contributed by atoms with Crippen LogP contribution in [0.1, 0.15) is 18.9 Å². The normalized spacial score (nSPS) is 25.1. The van der Waals surface area contributed by atoms with Crippen molar-refractivity contribution in [1.29, 1.82) is 5.26 Å². The van der Waals surface area contributed by atoms with Gasteiger partial charge in [0.05, 0.1) is 12.5 Å². The third-order valence-corrected chi connectivity index (χ3v) is 4.15. The van der Waals surface area contributed by atoms with E-state index in [1.165, 1.54) is 5.56 Å². The smallest absolute Gasteiger partial charge is 0.0638 e. The first-order chi connectivity index (χ1) is 9.20. The Labute approximate surface area is 116 Å². The molecule has 0 bridgehead atoms. The van der Waals surface area contributed by atoms with Gasteiger partial charge in [-0.3, -0.25) is 9.80 Å². The lowest BCUT2D eigenvalue weighted by Crippen LogP contribution is -2.56. The molecule has 2 unspecified atom stereocenters. The largest absolute Gasteiger partial charge is 0.300 e. The van der Waals surface area contributed by atoms with E-state index in [1.807, 2.05) is 0 Å². The van der Waals surface area contributed by atoms with E-state index in [0.29, 0.717) is 18.5 Å². The second kappa shape index (κ2) is 6.70. The third kappa shape index (κ3) is 3.79. The van der Waals surface area contributed by atoms with Crippen molar-refractivity contribution in [2.24, 2.45) is 0 Å². The molecule has 0 aliphatic carbocycles. The number of likely N-dealkylation sites (N-methyl/N-ethyl adjacent to an activating group) is 1. The molecule has 2 atom stereocenters. The first kappa shape index (κ1) is 14.0. The van der Waals surface area contributed by atoms with Gasteiger partial charge in [0.25, 0.3) is 0 Å². The minimum absolute atomic E-state index is 0.379. The lowest BCUT2D eigenvalue weighted by molar-refractivity contribution is 0.0543. The Morgan fingerprint density at radius 2 is 2.00 bits per heavy atom. The maximum Gasteiger partial charge on any atom is 0.0638 e. The summed E-state index contributed by atoms with van der Waals surface area (Å²) in [5.74, 6) is 0. The summed E-state index contributed by atoms with van der Waals surface area (Å²) >= 11 is 0. The second-order valence-electron chi connectivity index (χ2n) is 5.53. The Balaban J connectivity index is 1.89. The van der Waals surface area contributed by atoms with Crippen molar-refractivity contribution in [3.05, 3.63) is 35.9 Å². The summed E-state index contributed by atoms with van der Waals surface area (Å²) in [5.41, 5.74) is 1.39. The van der Waals surface area contributed by atoms with Crippen LogP contribution < -0.4 is 0 Å². The summed E-state index contributed by atoms with van der Waals surface area (Å²) in [7, 11) is 2.14. The standard InChI is InChI=1S/C16H23N3/c1-14-12-19(13-16(8-10-17)18(14)2)11-9-15-6-4-3-5-7-15/h3-7,14,16H,8-9,11-13H2,1-2H3. The molecule has 1 heterocycles. The topological polar surface area (TPSA) is 30.3 Å². The summed E-state index contributed by atoms with van der Waals surface area (Å²) in [6.07, 6.45) is 1.72. The average molecular weight is 257 g/mol. The minimum atomic E-state index is 0.379. The van der Waals surface area contributed by atoms with Crippen LogP contribution in [0.3, 0.4) is 0 Å². The van der Waals surface area contributed by atoms with Gasteiger partial charge in [-0.2, -0.15) is 5.26 Å². The summed E-state index contributed by atoms with van der Waals surface area (Å²) < 4.78 is 0. The quantitative estimate of drug-likeness (QED) is 0.828. The van der Waals surface area contributed by atoms with Gasteiger partial charge in [-0.05, 0) is 26.0 Å². The molecule has 0 radical (unpaired) electrons. The van der Waals surface area contributed by atoms with Gasteiger partial charge in [0, 0.05) is 31.7 Å². The number of rotatable bonds is 4. The zero-order valence-electron chi connectivity index (χ0n) is 11.9. The fourth-order valence-corrected chi connectivity index (χ4v) is 2.79. The summed E-state index contributed by atoms with van der Waals surface area (Å²) in [4.78, 5) is 4.85. The van der Waals surface area contributed by atoms with Crippen LogP contribution in [0.4, 0.5) is 0 Å². The van der Waals surface area contributed by atoms with Crippen LogP contribution in [0, 0.1) is 11.3 Å². The highest BCUT2D eigenvalue weighted by atomic mass is 15.3. The van der Waals surface area contributed by atoms with E-state index in [0.717, 1.165) is 26.1 Å². The molecule has 1 aromatic carbocycles. The Kier molecular flexibility index (Phi) is 4.95. The molecule has 0 amide bonds. The Bertz CT molecular complexity index is 423. The van der Waals surface area contributed by atoms with E-state index < -0.39 is 0 Å². The maximum atomic E-state index is 8.92. The molecule has 1 aliphatic heterocycles. The van der Waals surface area contributed by atoms with Crippen LogP contribution in [0.2, 0.25) is 0 Å². The van der Waals surface area contributed by atoms with Gasteiger partial charge in [-0.1, -0.05) is 30.3 Å². The Hall–Kier alpha value is -1.37. The second-order valence-corrected chi connectivity index (χ2v) is 5.53. The van der Waals surface area contributed by atoms with E-state index in [4.69, 9.17) is 5.26 Å². The molecule has 1 fully saturated rings. The van der Waals surface area contributed by atoms with Crippen molar-refractivity contribution in [3.8, 4) is 6.07 Å². The molecule has 0 N–H and O–H groups in total. The fraction of sp³-hybridized carbons (Fsp3) is 0.562. The van der Waals surface area contributed by atoms with Crippen LogP contribution in [-0.2, 0) is 6.42 Å². The molecule has 1 aliphatic rings. The summed E-state index contributed by atoms with van der Waals surface area (Å²) in [6, 6.07) is 13.9. The van der Waals surface area contributed by atoms with Gasteiger partial charge in [0.15, 0.2) is 0 Å². The predicted molar refractivity (Wildman–Crippen MR) is 77.8 cm³/mol. The van der Waals surface area contributed by atoms with Gasteiger partial charge in [0.1, 0.15) is 0 Å². The van der Waals surface area contributed by atoms with Crippen molar-refractivity contribution >= 4 is 0 Å². The van der Waals surface area contributed by atoms with Crippen molar-refractivity contribution in [1.82, 2.24) is 9.80 Å². The highest BCUT2D eigenvalue weighted by Gasteiger charge is 2.28. The summed E-state index contributed by atoms with van der Waals surface area (Å²) in [6.45, 7) is 5.45. The van der Waals surface area contributed by atoms with Crippen LogP contribution in [0.15, 0.2) is 30.3 Å². The highest BCUT2D eigenvalue weighted by molar-refractivity contribution is 5.15. The van der Waals surface area contributed by atoms with Crippen molar-refractivity contribution in [2.45, 2.75) is 31.8 Å². The van der Waals surface area contributed by atoms with Crippen LogP contribution in [0.25, 0.3) is 0 Å². The first-order valence-electron chi connectivity index (χ1n) is 7.06. The first-order valence-corrected chi connectivity index (χ1v) is 7.06. The van der Waals surface area contributed by atoms with E-state index in [2.05, 4.69) is 60.2 Å². The number of nitriles is 1. The van der Waals surface area contributed by atoms with Crippen LogP contribution in [-0.4, -0.2) is 48.6 Å². The average Bonchev–Trinajstić information content (AvgIpc) is 2.43. The molecule has 0 aromatic heterocycles. The van der Waals surface area contributed by atoms with Crippen LogP contribution >= 0.6 is 0 Å². The molecule has 102 valence electrons. The molecule has 2 rings (SSSR count). The number of nitrogens with zero attached hydrogens (tertiary/aromatic N) is 3. The highest BCUT2D eigenvalue weighted by Crippen LogP contribution is 2.16. The van der Waals surface area contributed by atoms with Crippen molar-refractivity contribution in [3.63, 3.8) is 0 Å². The number of piperazine rings is 1. The van der Waals surface area contributed by atoms with Crippen molar-refractivity contribution in [2.75, 3.05) is 26.7 Å². The molecule has 0 saturated carbocycles. The molecule has 0 spiro atoms. The number of benzene rings is 1. The Morgan fingerprint density at radius 1 is 1.26 bits per heavy atom. The SMILES string of the molecule is CC1CN(CCc2ccccc2)CC(CC#N)N1C. The third-order valence-electron chi connectivity index (χ3n) is 4.15. The molecule has 3 nitrogen and oxygen atoms in total. The van der Waals surface area contributed by atoms with E-state index in [1.54, 1.807) is 0 Å². The molecular weight excluding hydrogens is 234 g/mol. The zero-order chi connectivity index (χ0) is 13.7. The van der Waals surface area contributed by atoms with Gasteiger partial charge in [-0.25, -0.2) is 0 Å². The molecular formula is C16H23N3. The van der Waals surface area contributed by atoms with E-state index >= 15 is 0 Å². The number of hydrogen-bond donors (Lipinski definition) is 0. The van der Waals surface area contributed by atoms with Gasteiger partial charge >= 0.3 is 0 Å². The fourth-order valence-electron chi connectivity index (χ4n) is 2.79. The molecule has 3 heteroatoms. The molecule has 1 aromatic rings. The zero-order valence-corrected chi connectivity index (χ0v) is 11.9. The van der Waals surface area contributed by atoms with E-state index in [9.17, 15) is 0 Å². The maximum absolute atomic E-state index is 8.92. The van der Waals surface area contributed by atoms with Gasteiger partial charge in [0.2, 0.25) is 0 Å². The Morgan fingerprint density at radius 3 is 2.68 bits per heavy atom.